The molecular weight excluding hydrogens is 344 g/mol. The summed E-state index contributed by atoms with van der Waals surface area (Å²) in [6.07, 6.45) is 1.69. The Bertz CT molecular complexity index is 872. The lowest BCUT2D eigenvalue weighted by Crippen LogP contribution is -2.36. The number of ether oxygens (including phenoxy) is 1. The van der Waals surface area contributed by atoms with Crippen LogP contribution in [0.1, 0.15) is 11.3 Å². The smallest absolute Gasteiger partial charge is 0.275 e. The predicted molar refractivity (Wildman–Crippen MR) is 101 cm³/mol. The van der Waals surface area contributed by atoms with Crippen molar-refractivity contribution in [3.8, 4) is 0 Å². The lowest BCUT2D eigenvalue weighted by molar-refractivity contribution is -0.123. The Morgan fingerprint density at radius 1 is 1.04 bits per heavy atom. The maximum Gasteiger partial charge on any atom is 0.275 e. The number of aromatic nitrogens is 1. The number of carbonyl (C=O) groups excluding carboxylic acids is 2. The van der Waals surface area contributed by atoms with Crippen LogP contribution < -0.4 is 15.5 Å². The Hall–Kier alpha value is -3.19. The molecule has 1 saturated heterocycles. The van der Waals surface area contributed by atoms with E-state index in [2.05, 4.69) is 20.5 Å². The number of hydrogen-bond donors (Lipinski definition) is 2. The Labute approximate surface area is 157 Å². The van der Waals surface area contributed by atoms with Crippen LogP contribution in [-0.2, 0) is 20.9 Å². The maximum absolute atomic E-state index is 12.3. The van der Waals surface area contributed by atoms with Crippen LogP contribution in [0, 0.1) is 0 Å². The van der Waals surface area contributed by atoms with Gasteiger partial charge in [0.1, 0.15) is 5.70 Å². The molecular formula is C20H20N4O3. The van der Waals surface area contributed by atoms with Crippen molar-refractivity contribution in [3.05, 3.63) is 65.6 Å². The Balaban J connectivity index is 1.57. The van der Waals surface area contributed by atoms with Crippen molar-refractivity contribution >= 4 is 23.1 Å². The van der Waals surface area contributed by atoms with Gasteiger partial charge in [-0.15, -0.1) is 0 Å². The van der Waals surface area contributed by atoms with Crippen LogP contribution in [0.4, 0.5) is 5.69 Å². The molecule has 7 heteroatoms. The molecule has 0 aliphatic carbocycles. The summed E-state index contributed by atoms with van der Waals surface area (Å²) in [5.41, 5.74) is 3.22. The molecule has 7 nitrogen and oxygen atoms in total. The SMILES string of the molecule is O=C1NC(=O)C(c2ccc(N3CCOCC3)cc2)=C1NCc1ccccn1. The lowest BCUT2D eigenvalue weighted by Gasteiger charge is -2.28. The molecule has 0 radical (unpaired) electrons. The first kappa shape index (κ1) is 17.2. The molecule has 2 aromatic rings. The number of imide groups is 1. The molecule has 1 aromatic heterocycles. The third-order valence-corrected chi connectivity index (χ3v) is 4.64. The number of anilines is 1. The topological polar surface area (TPSA) is 83.6 Å². The second-order valence-corrected chi connectivity index (χ2v) is 6.35. The van der Waals surface area contributed by atoms with Crippen molar-refractivity contribution in [1.82, 2.24) is 15.6 Å². The first-order valence-corrected chi connectivity index (χ1v) is 8.89. The summed E-state index contributed by atoms with van der Waals surface area (Å²) in [5.74, 6) is -0.800. The van der Waals surface area contributed by atoms with E-state index in [-0.39, 0.29) is 11.6 Å². The lowest BCUT2D eigenvalue weighted by atomic mass is 10.0. The molecule has 2 aliphatic heterocycles. The first-order chi connectivity index (χ1) is 13.2. The normalized spacial score (nSPS) is 17.3. The van der Waals surface area contributed by atoms with Gasteiger partial charge in [-0.2, -0.15) is 0 Å². The summed E-state index contributed by atoms with van der Waals surface area (Å²) in [5, 5.41) is 5.43. The average molecular weight is 364 g/mol. The Morgan fingerprint density at radius 3 is 2.52 bits per heavy atom. The van der Waals surface area contributed by atoms with Crippen molar-refractivity contribution in [2.75, 3.05) is 31.2 Å². The van der Waals surface area contributed by atoms with Crippen molar-refractivity contribution in [2.24, 2.45) is 0 Å². The molecule has 2 amide bonds. The zero-order valence-electron chi connectivity index (χ0n) is 14.8. The van der Waals surface area contributed by atoms with Crippen LogP contribution in [0.25, 0.3) is 5.57 Å². The van der Waals surface area contributed by atoms with Gasteiger partial charge in [0.2, 0.25) is 0 Å². The summed E-state index contributed by atoms with van der Waals surface area (Å²) in [4.78, 5) is 31.0. The predicted octanol–water partition coefficient (Wildman–Crippen LogP) is 1.08. The molecule has 4 rings (SSSR count). The van der Waals surface area contributed by atoms with Crippen molar-refractivity contribution in [3.63, 3.8) is 0 Å². The molecule has 0 saturated carbocycles. The van der Waals surface area contributed by atoms with Gasteiger partial charge in [0.05, 0.1) is 31.0 Å². The van der Waals surface area contributed by atoms with Crippen molar-refractivity contribution < 1.29 is 14.3 Å². The number of amides is 2. The number of carbonyl (C=O) groups is 2. The van der Waals surface area contributed by atoms with E-state index >= 15 is 0 Å². The molecule has 1 fully saturated rings. The van der Waals surface area contributed by atoms with E-state index in [1.807, 2.05) is 42.5 Å². The standard InChI is InChI=1S/C20H20N4O3/c25-19-17(14-4-6-16(7-5-14)24-9-11-27-12-10-24)18(20(26)23-19)22-13-15-3-1-2-8-21-15/h1-8H,9-13H2,(H2,22,23,25,26). The van der Waals surface area contributed by atoms with E-state index in [1.165, 1.54) is 0 Å². The van der Waals surface area contributed by atoms with Gasteiger partial charge in [-0.05, 0) is 29.8 Å². The minimum Gasteiger partial charge on any atom is -0.378 e. The summed E-state index contributed by atoms with van der Waals surface area (Å²) >= 11 is 0. The number of benzene rings is 1. The summed E-state index contributed by atoms with van der Waals surface area (Å²) in [6, 6.07) is 13.3. The Kier molecular flexibility index (Phi) is 4.84. The van der Waals surface area contributed by atoms with Gasteiger partial charge in [-0.25, -0.2) is 0 Å². The van der Waals surface area contributed by atoms with E-state index in [4.69, 9.17) is 4.74 Å². The van der Waals surface area contributed by atoms with Crippen LogP contribution in [-0.4, -0.2) is 43.1 Å². The van der Waals surface area contributed by atoms with Gasteiger partial charge in [0, 0.05) is 25.0 Å². The van der Waals surface area contributed by atoms with Crippen LogP contribution in [0.5, 0.6) is 0 Å². The molecule has 2 aliphatic rings. The molecule has 0 bridgehead atoms. The number of nitrogens with zero attached hydrogens (tertiary/aromatic N) is 2. The van der Waals surface area contributed by atoms with E-state index in [0.717, 1.165) is 24.5 Å². The molecule has 27 heavy (non-hydrogen) atoms. The zero-order chi connectivity index (χ0) is 18.6. The van der Waals surface area contributed by atoms with Crippen LogP contribution in [0.3, 0.4) is 0 Å². The monoisotopic (exact) mass is 364 g/mol. The van der Waals surface area contributed by atoms with Gasteiger partial charge in [0.15, 0.2) is 0 Å². The molecule has 0 unspecified atom stereocenters. The minimum atomic E-state index is -0.414. The van der Waals surface area contributed by atoms with Crippen LogP contribution >= 0.6 is 0 Å². The third-order valence-electron chi connectivity index (χ3n) is 4.64. The van der Waals surface area contributed by atoms with Crippen molar-refractivity contribution in [2.45, 2.75) is 6.54 Å². The number of hydrogen-bond acceptors (Lipinski definition) is 6. The summed E-state index contributed by atoms with van der Waals surface area (Å²) in [6.45, 7) is 3.48. The first-order valence-electron chi connectivity index (χ1n) is 8.89. The van der Waals surface area contributed by atoms with Gasteiger partial charge >= 0.3 is 0 Å². The molecule has 138 valence electrons. The maximum atomic E-state index is 12.3. The van der Waals surface area contributed by atoms with E-state index in [9.17, 15) is 9.59 Å². The molecule has 3 heterocycles. The molecule has 2 N–H and O–H groups in total. The van der Waals surface area contributed by atoms with Crippen LogP contribution in [0.2, 0.25) is 0 Å². The number of pyridine rings is 1. The number of rotatable bonds is 5. The fourth-order valence-corrected chi connectivity index (χ4v) is 3.24. The third kappa shape index (κ3) is 3.68. The largest absolute Gasteiger partial charge is 0.378 e. The summed E-state index contributed by atoms with van der Waals surface area (Å²) in [7, 11) is 0. The van der Waals surface area contributed by atoms with Crippen LogP contribution in [0.15, 0.2) is 54.4 Å². The molecule has 0 spiro atoms. The fraction of sp³-hybridized carbons (Fsp3) is 0.250. The van der Waals surface area contributed by atoms with E-state index in [1.54, 1.807) is 6.20 Å². The number of morpholine rings is 1. The van der Waals surface area contributed by atoms with Gasteiger partial charge in [-0.1, -0.05) is 18.2 Å². The zero-order valence-corrected chi connectivity index (χ0v) is 14.8. The van der Waals surface area contributed by atoms with E-state index in [0.29, 0.717) is 30.9 Å². The quantitative estimate of drug-likeness (QED) is 0.773. The van der Waals surface area contributed by atoms with Crippen molar-refractivity contribution in [1.29, 1.82) is 0 Å². The second kappa shape index (κ2) is 7.59. The highest BCUT2D eigenvalue weighted by atomic mass is 16.5. The minimum absolute atomic E-state index is 0.282. The highest BCUT2D eigenvalue weighted by Crippen LogP contribution is 2.25. The summed E-state index contributed by atoms with van der Waals surface area (Å²) < 4.78 is 5.38. The Morgan fingerprint density at radius 2 is 1.81 bits per heavy atom. The van der Waals surface area contributed by atoms with Gasteiger partial charge in [-0.3, -0.25) is 19.9 Å². The highest BCUT2D eigenvalue weighted by Gasteiger charge is 2.31. The van der Waals surface area contributed by atoms with E-state index < -0.39 is 5.91 Å². The molecule has 1 aromatic carbocycles. The average Bonchev–Trinajstić information content (AvgIpc) is 3.01. The van der Waals surface area contributed by atoms with Gasteiger partial charge < -0.3 is 15.0 Å². The highest BCUT2D eigenvalue weighted by molar-refractivity contribution is 6.35. The second-order valence-electron chi connectivity index (χ2n) is 6.35. The molecule has 0 atom stereocenters. The fourth-order valence-electron chi connectivity index (χ4n) is 3.24. The number of nitrogens with one attached hydrogen (secondary N) is 2. The van der Waals surface area contributed by atoms with Gasteiger partial charge in [0.25, 0.3) is 11.8 Å².